The molecule has 0 saturated heterocycles. The minimum absolute atomic E-state index is 0.0419. The fourth-order valence-corrected chi connectivity index (χ4v) is 1.73. The fraction of sp³-hybridized carbons (Fsp3) is 0.500. The molecule has 98 valence electrons. The fourth-order valence-electron chi connectivity index (χ4n) is 1.73. The van der Waals surface area contributed by atoms with Gasteiger partial charge in [-0.05, 0) is 19.5 Å². The van der Waals surface area contributed by atoms with E-state index in [9.17, 15) is 5.26 Å². The number of nitrogens with one attached hydrogen (secondary N) is 1. The maximum atomic E-state index is 9.45. The number of ether oxygens (including phenoxy) is 2. The van der Waals surface area contributed by atoms with Crippen LogP contribution in [0.1, 0.15) is 12.5 Å². The van der Waals surface area contributed by atoms with E-state index in [-0.39, 0.29) is 12.7 Å². The topological polar surface area (TPSA) is 54.3 Å². The van der Waals surface area contributed by atoms with E-state index < -0.39 is 5.54 Å². The van der Waals surface area contributed by atoms with Crippen LogP contribution in [0.2, 0.25) is 0 Å². The summed E-state index contributed by atoms with van der Waals surface area (Å²) in [5, 5.41) is 12.5. The van der Waals surface area contributed by atoms with Crippen LogP contribution in [-0.2, 0) is 15.0 Å². The Balaban J connectivity index is 2.79. The molecule has 4 nitrogen and oxygen atoms in total. The lowest BCUT2D eigenvalue weighted by molar-refractivity contribution is -0.0100. The van der Waals surface area contributed by atoms with Gasteiger partial charge in [0, 0.05) is 7.11 Å². The summed E-state index contributed by atoms with van der Waals surface area (Å²) < 4.78 is 10.7. The summed E-state index contributed by atoms with van der Waals surface area (Å²) in [6.07, 6.45) is -0.0419. The first-order valence-electron chi connectivity index (χ1n) is 5.94. The van der Waals surface area contributed by atoms with Crippen LogP contribution < -0.4 is 5.32 Å². The number of hydrogen-bond donors (Lipinski definition) is 1. The van der Waals surface area contributed by atoms with E-state index in [4.69, 9.17) is 9.47 Å². The minimum atomic E-state index is -0.816. The number of nitrogens with zero attached hydrogens (tertiary/aromatic N) is 1. The largest absolute Gasteiger partial charge is 0.382 e. The van der Waals surface area contributed by atoms with Crippen molar-refractivity contribution in [1.82, 2.24) is 5.32 Å². The van der Waals surface area contributed by atoms with Gasteiger partial charge in [-0.3, -0.25) is 5.32 Å². The number of likely N-dealkylation sites (N-methyl/N-ethyl adjacent to an activating group) is 1. The van der Waals surface area contributed by atoms with E-state index in [1.54, 1.807) is 14.2 Å². The van der Waals surface area contributed by atoms with Crippen molar-refractivity contribution in [1.29, 1.82) is 5.26 Å². The summed E-state index contributed by atoms with van der Waals surface area (Å²) in [6.45, 7) is 2.72. The molecule has 2 unspecified atom stereocenters. The molecule has 0 fully saturated rings. The van der Waals surface area contributed by atoms with Crippen molar-refractivity contribution >= 4 is 0 Å². The summed E-state index contributed by atoms with van der Waals surface area (Å²) in [4.78, 5) is 0. The maximum absolute atomic E-state index is 9.45. The van der Waals surface area contributed by atoms with E-state index in [1.807, 2.05) is 37.3 Å². The first-order chi connectivity index (χ1) is 8.68. The molecule has 0 amide bonds. The number of methoxy groups -OCH3 is 1. The molecule has 0 radical (unpaired) electrons. The molecular formula is C14H20N2O2. The molecule has 1 aromatic rings. The van der Waals surface area contributed by atoms with E-state index in [0.29, 0.717) is 6.61 Å². The molecule has 1 aromatic carbocycles. The Labute approximate surface area is 109 Å². The Hall–Kier alpha value is -1.41. The number of benzene rings is 1. The van der Waals surface area contributed by atoms with E-state index in [0.717, 1.165) is 5.56 Å². The van der Waals surface area contributed by atoms with Gasteiger partial charge in [-0.2, -0.15) is 5.26 Å². The van der Waals surface area contributed by atoms with Gasteiger partial charge >= 0.3 is 0 Å². The number of rotatable bonds is 7. The molecule has 1 N–H and O–H groups in total. The van der Waals surface area contributed by atoms with Gasteiger partial charge in [0.05, 0.1) is 25.4 Å². The van der Waals surface area contributed by atoms with Crippen LogP contribution in [0.5, 0.6) is 0 Å². The minimum Gasteiger partial charge on any atom is -0.382 e. The highest BCUT2D eigenvalue weighted by atomic mass is 16.5. The lowest BCUT2D eigenvalue weighted by Crippen LogP contribution is -2.44. The normalized spacial score (nSPS) is 15.7. The van der Waals surface area contributed by atoms with Gasteiger partial charge < -0.3 is 9.47 Å². The van der Waals surface area contributed by atoms with E-state index in [1.165, 1.54) is 0 Å². The van der Waals surface area contributed by atoms with E-state index in [2.05, 4.69) is 11.4 Å². The highest BCUT2D eigenvalue weighted by Crippen LogP contribution is 2.21. The molecule has 0 bridgehead atoms. The molecule has 0 spiro atoms. The van der Waals surface area contributed by atoms with Crippen LogP contribution in [0.25, 0.3) is 0 Å². The second kappa shape index (κ2) is 7.12. The van der Waals surface area contributed by atoms with Crippen molar-refractivity contribution in [3.8, 4) is 6.07 Å². The highest BCUT2D eigenvalue weighted by molar-refractivity contribution is 5.31. The molecular weight excluding hydrogens is 228 g/mol. The van der Waals surface area contributed by atoms with Gasteiger partial charge in [0.15, 0.2) is 5.54 Å². The molecule has 0 aromatic heterocycles. The molecule has 0 saturated carbocycles. The molecule has 0 aliphatic heterocycles. The molecule has 0 aliphatic carbocycles. The smallest absolute Gasteiger partial charge is 0.155 e. The monoisotopic (exact) mass is 248 g/mol. The quantitative estimate of drug-likeness (QED) is 0.797. The Kier molecular flexibility index (Phi) is 5.79. The SMILES string of the molecule is CNC(C#N)(COC(C)COC)c1ccccc1. The standard InChI is InChI=1S/C14H20N2O2/c1-12(9-17-3)18-11-14(10-15,16-2)13-7-5-4-6-8-13/h4-8,12,16H,9,11H2,1-3H3. The van der Waals surface area contributed by atoms with E-state index >= 15 is 0 Å². The third kappa shape index (κ3) is 3.54. The zero-order valence-corrected chi connectivity index (χ0v) is 11.1. The summed E-state index contributed by atoms with van der Waals surface area (Å²) in [5.74, 6) is 0. The van der Waals surface area contributed by atoms with Crippen molar-refractivity contribution < 1.29 is 9.47 Å². The molecule has 1 rings (SSSR count). The van der Waals surface area contributed by atoms with Crippen molar-refractivity contribution in [2.75, 3.05) is 27.4 Å². The number of hydrogen-bond acceptors (Lipinski definition) is 4. The Morgan fingerprint density at radius 1 is 1.39 bits per heavy atom. The lowest BCUT2D eigenvalue weighted by Gasteiger charge is -2.28. The Morgan fingerprint density at radius 2 is 2.06 bits per heavy atom. The maximum Gasteiger partial charge on any atom is 0.155 e. The number of nitriles is 1. The molecule has 4 heteroatoms. The van der Waals surface area contributed by atoms with Gasteiger partial charge in [0.2, 0.25) is 0 Å². The van der Waals surface area contributed by atoms with Crippen molar-refractivity contribution in [3.63, 3.8) is 0 Å². The van der Waals surface area contributed by atoms with Gasteiger partial charge in [0.1, 0.15) is 0 Å². The average Bonchev–Trinajstić information content (AvgIpc) is 2.42. The average molecular weight is 248 g/mol. The van der Waals surface area contributed by atoms with Gasteiger partial charge in [-0.1, -0.05) is 30.3 Å². The zero-order valence-electron chi connectivity index (χ0n) is 11.1. The van der Waals surface area contributed by atoms with Crippen LogP contribution in [0, 0.1) is 11.3 Å². The van der Waals surface area contributed by atoms with Gasteiger partial charge in [-0.15, -0.1) is 0 Å². The predicted octanol–water partition coefficient (Wildman–Crippen LogP) is 1.68. The summed E-state index contributed by atoms with van der Waals surface area (Å²) in [7, 11) is 3.40. The van der Waals surface area contributed by atoms with Crippen LogP contribution in [0.3, 0.4) is 0 Å². The van der Waals surface area contributed by atoms with Crippen LogP contribution in [-0.4, -0.2) is 33.5 Å². The van der Waals surface area contributed by atoms with Crippen LogP contribution in [0.15, 0.2) is 30.3 Å². The van der Waals surface area contributed by atoms with Crippen LogP contribution >= 0.6 is 0 Å². The first-order valence-corrected chi connectivity index (χ1v) is 5.94. The summed E-state index contributed by atoms with van der Waals surface area (Å²) in [5.41, 5.74) is 0.0862. The highest BCUT2D eigenvalue weighted by Gasteiger charge is 2.31. The second-order valence-corrected chi connectivity index (χ2v) is 4.21. The van der Waals surface area contributed by atoms with Gasteiger partial charge in [-0.25, -0.2) is 0 Å². The van der Waals surface area contributed by atoms with Crippen molar-refractivity contribution in [2.24, 2.45) is 0 Å². The lowest BCUT2D eigenvalue weighted by atomic mass is 9.92. The third-order valence-electron chi connectivity index (χ3n) is 2.87. The first kappa shape index (κ1) is 14.7. The molecule has 0 heterocycles. The molecule has 0 aliphatic rings. The van der Waals surface area contributed by atoms with Crippen molar-refractivity contribution in [2.45, 2.75) is 18.6 Å². The van der Waals surface area contributed by atoms with Gasteiger partial charge in [0.25, 0.3) is 0 Å². The summed E-state index contributed by atoms with van der Waals surface area (Å²) in [6, 6.07) is 11.9. The zero-order chi connectivity index (χ0) is 13.4. The van der Waals surface area contributed by atoms with Crippen LogP contribution in [0.4, 0.5) is 0 Å². The second-order valence-electron chi connectivity index (χ2n) is 4.21. The van der Waals surface area contributed by atoms with Crippen molar-refractivity contribution in [3.05, 3.63) is 35.9 Å². The predicted molar refractivity (Wildman–Crippen MR) is 70.1 cm³/mol. The Morgan fingerprint density at radius 3 is 2.56 bits per heavy atom. The summed E-state index contributed by atoms with van der Waals surface area (Å²) >= 11 is 0. The third-order valence-corrected chi connectivity index (χ3v) is 2.87. The molecule has 2 atom stereocenters. The molecule has 18 heavy (non-hydrogen) atoms. The Bertz CT molecular complexity index is 389.